The molecule has 0 spiro atoms. The van der Waals surface area contributed by atoms with E-state index < -0.39 is 5.97 Å². The van der Waals surface area contributed by atoms with Gasteiger partial charge in [0, 0.05) is 12.6 Å². The van der Waals surface area contributed by atoms with Crippen LogP contribution >= 0.6 is 0 Å². The fourth-order valence-corrected chi connectivity index (χ4v) is 1.18. The summed E-state index contributed by atoms with van der Waals surface area (Å²) < 4.78 is 4.77. The minimum absolute atomic E-state index is 0.162. The molecule has 0 aromatic heterocycles. The van der Waals surface area contributed by atoms with Gasteiger partial charge in [-0.3, -0.25) is 4.79 Å². The van der Waals surface area contributed by atoms with Gasteiger partial charge in [0.1, 0.15) is 6.61 Å². The Morgan fingerprint density at radius 3 is 2.32 bits per heavy atom. The Kier molecular flexibility index (Phi) is 11.4. The minimum atomic E-state index is -0.400. The topological polar surface area (TPSA) is 55.4 Å². The van der Waals surface area contributed by atoms with Crippen LogP contribution in [0.15, 0.2) is 74.4 Å². The van der Waals surface area contributed by atoms with Gasteiger partial charge in [0.2, 0.25) is 5.91 Å². The number of carbonyl (C=O) groups excluding carboxylic acids is 2. The molecule has 0 radical (unpaired) electrons. The average molecular weight is 299 g/mol. The molecule has 0 unspecified atom stereocenters. The van der Waals surface area contributed by atoms with Gasteiger partial charge in [0.05, 0.1) is 0 Å². The maximum atomic E-state index is 10.6. The maximum absolute atomic E-state index is 10.6. The zero-order chi connectivity index (χ0) is 16.6. The number of hydrogen-bond donors (Lipinski definition) is 1. The third-order valence-electron chi connectivity index (χ3n) is 2.20. The number of amides is 1. The molecule has 0 aliphatic rings. The van der Waals surface area contributed by atoms with Gasteiger partial charge in [-0.25, -0.2) is 4.79 Å². The van der Waals surface area contributed by atoms with Gasteiger partial charge in [-0.2, -0.15) is 0 Å². The standard InChI is InChI=1S/C12H12O2.C6H9NO/c1-2-12(13)14-10-6-9-11-7-4-3-5-8-11;1-3-5-7-6(8)4-2/h2-9H,1,10H2;3-4H,1-2,5H2,(H,7,8). The number of carbonyl (C=O) groups is 2. The van der Waals surface area contributed by atoms with E-state index in [1.165, 1.54) is 6.08 Å². The predicted molar refractivity (Wildman–Crippen MR) is 90.0 cm³/mol. The number of benzene rings is 1. The van der Waals surface area contributed by atoms with Crippen LogP contribution in [0.3, 0.4) is 0 Å². The summed E-state index contributed by atoms with van der Waals surface area (Å²) in [6.45, 7) is 10.8. The Balaban J connectivity index is 0.000000472. The zero-order valence-corrected chi connectivity index (χ0v) is 12.5. The summed E-state index contributed by atoms with van der Waals surface area (Å²) in [6, 6.07) is 9.82. The van der Waals surface area contributed by atoms with Crippen LogP contribution in [-0.2, 0) is 14.3 Å². The Morgan fingerprint density at radius 1 is 1.09 bits per heavy atom. The molecule has 1 aromatic rings. The van der Waals surface area contributed by atoms with E-state index in [2.05, 4.69) is 25.1 Å². The molecule has 1 amide bonds. The van der Waals surface area contributed by atoms with Crippen molar-refractivity contribution in [2.45, 2.75) is 0 Å². The van der Waals surface area contributed by atoms with E-state index in [4.69, 9.17) is 4.74 Å². The molecule has 0 saturated carbocycles. The number of ether oxygens (including phenoxy) is 1. The first-order chi connectivity index (χ1) is 10.6. The highest BCUT2D eigenvalue weighted by Gasteiger charge is 1.90. The molecule has 0 heterocycles. The molecule has 0 aliphatic heterocycles. The first-order valence-electron chi connectivity index (χ1n) is 6.66. The smallest absolute Gasteiger partial charge is 0.330 e. The minimum Gasteiger partial charge on any atom is -0.458 e. The number of rotatable bonds is 7. The van der Waals surface area contributed by atoms with E-state index >= 15 is 0 Å². The van der Waals surface area contributed by atoms with E-state index in [0.717, 1.165) is 11.6 Å². The highest BCUT2D eigenvalue weighted by molar-refractivity contribution is 5.86. The fourth-order valence-electron chi connectivity index (χ4n) is 1.18. The van der Waals surface area contributed by atoms with Crippen molar-refractivity contribution in [2.75, 3.05) is 13.2 Å². The van der Waals surface area contributed by atoms with Gasteiger partial charge in [-0.05, 0) is 17.7 Å². The summed E-state index contributed by atoms with van der Waals surface area (Å²) in [5.74, 6) is -0.562. The lowest BCUT2D eigenvalue weighted by Gasteiger charge is -1.95. The van der Waals surface area contributed by atoms with Crippen molar-refractivity contribution in [2.24, 2.45) is 0 Å². The van der Waals surface area contributed by atoms with Crippen LogP contribution < -0.4 is 5.32 Å². The van der Waals surface area contributed by atoms with Crippen LogP contribution in [-0.4, -0.2) is 25.0 Å². The van der Waals surface area contributed by atoms with E-state index in [0.29, 0.717) is 6.54 Å². The number of esters is 1. The number of hydrogen-bond acceptors (Lipinski definition) is 3. The quantitative estimate of drug-likeness (QED) is 0.478. The van der Waals surface area contributed by atoms with Crippen molar-refractivity contribution in [3.05, 3.63) is 79.9 Å². The van der Waals surface area contributed by atoms with Crippen LogP contribution in [0.4, 0.5) is 0 Å². The molecule has 1 rings (SSSR count). The zero-order valence-electron chi connectivity index (χ0n) is 12.5. The second kappa shape index (κ2) is 13.1. The molecular weight excluding hydrogens is 278 g/mol. The summed E-state index contributed by atoms with van der Waals surface area (Å²) >= 11 is 0. The Hall–Kier alpha value is -2.88. The molecule has 0 saturated heterocycles. The second-order valence-electron chi connectivity index (χ2n) is 3.89. The third kappa shape index (κ3) is 11.0. The highest BCUT2D eigenvalue weighted by atomic mass is 16.5. The van der Waals surface area contributed by atoms with Crippen molar-refractivity contribution in [3.8, 4) is 0 Å². The lowest BCUT2D eigenvalue weighted by Crippen LogP contribution is -2.19. The highest BCUT2D eigenvalue weighted by Crippen LogP contribution is 2.00. The molecule has 22 heavy (non-hydrogen) atoms. The van der Waals surface area contributed by atoms with E-state index in [1.807, 2.05) is 36.4 Å². The lowest BCUT2D eigenvalue weighted by molar-refractivity contribution is -0.136. The largest absolute Gasteiger partial charge is 0.458 e. The molecule has 116 valence electrons. The molecule has 4 nitrogen and oxygen atoms in total. The van der Waals surface area contributed by atoms with E-state index in [-0.39, 0.29) is 12.5 Å². The average Bonchev–Trinajstić information content (AvgIpc) is 2.57. The molecule has 0 fully saturated rings. The van der Waals surface area contributed by atoms with Crippen molar-refractivity contribution in [3.63, 3.8) is 0 Å². The Labute approximate surface area is 131 Å². The van der Waals surface area contributed by atoms with Crippen LogP contribution in [0.1, 0.15) is 5.56 Å². The Bertz CT molecular complexity index is 518. The first kappa shape index (κ1) is 19.1. The third-order valence-corrected chi connectivity index (χ3v) is 2.20. The molecule has 0 aliphatic carbocycles. The van der Waals surface area contributed by atoms with Crippen molar-refractivity contribution in [1.29, 1.82) is 0 Å². The summed E-state index contributed by atoms with van der Waals surface area (Å²) in [5.41, 5.74) is 1.09. The van der Waals surface area contributed by atoms with Crippen LogP contribution in [0, 0.1) is 0 Å². The summed E-state index contributed by atoms with van der Waals surface area (Å²) in [7, 11) is 0. The summed E-state index contributed by atoms with van der Waals surface area (Å²) in [5, 5.41) is 2.51. The molecule has 0 atom stereocenters. The normalized spacial score (nSPS) is 9.09. The first-order valence-corrected chi connectivity index (χ1v) is 6.66. The molecule has 1 N–H and O–H groups in total. The van der Waals surface area contributed by atoms with Gasteiger partial charge in [-0.15, -0.1) is 6.58 Å². The number of nitrogens with one attached hydrogen (secondary N) is 1. The van der Waals surface area contributed by atoms with Crippen molar-refractivity contribution >= 4 is 18.0 Å². The molecular formula is C18H21NO3. The van der Waals surface area contributed by atoms with Crippen LogP contribution in [0.5, 0.6) is 0 Å². The van der Waals surface area contributed by atoms with Gasteiger partial charge >= 0.3 is 5.97 Å². The van der Waals surface area contributed by atoms with Crippen molar-refractivity contribution < 1.29 is 14.3 Å². The van der Waals surface area contributed by atoms with Crippen LogP contribution in [0.25, 0.3) is 6.08 Å². The van der Waals surface area contributed by atoms with E-state index in [1.54, 1.807) is 12.2 Å². The monoisotopic (exact) mass is 299 g/mol. The second-order valence-corrected chi connectivity index (χ2v) is 3.89. The van der Waals surface area contributed by atoms with Gasteiger partial charge in [0.25, 0.3) is 0 Å². The van der Waals surface area contributed by atoms with E-state index in [9.17, 15) is 9.59 Å². The maximum Gasteiger partial charge on any atom is 0.330 e. The SMILES string of the molecule is C=CC(=O)OCC=Cc1ccccc1.C=CCNC(=O)C=C. The lowest BCUT2D eigenvalue weighted by atomic mass is 10.2. The molecule has 4 heteroatoms. The van der Waals surface area contributed by atoms with Gasteiger partial charge in [-0.1, -0.05) is 55.6 Å². The van der Waals surface area contributed by atoms with Crippen LogP contribution in [0.2, 0.25) is 0 Å². The van der Waals surface area contributed by atoms with Gasteiger partial charge < -0.3 is 10.1 Å². The molecule has 1 aromatic carbocycles. The molecule has 0 bridgehead atoms. The summed E-state index contributed by atoms with van der Waals surface area (Å²) in [4.78, 5) is 20.9. The van der Waals surface area contributed by atoms with Crippen molar-refractivity contribution in [1.82, 2.24) is 5.32 Å². The predicted octanol–water partition coefficient (Wildman–Crippen LogP) is 2.90. The Morgan fingerprint density at radius 2 is 1.77 bits per heavy atom. The summed E-state index contributed by atoms with van der Waals surface area (Å²) in [6.07, 6.45) is 7.67. The van der Waals surface area contributed by atoms with Gasteiger partial charge in [0.15, 0.2) is 0 Å². The fraction of sp³-hybridized carbons (Fsp3) is 0.111.